The number of anilines is 1. The predicted octanol–water partition coefficient (Wildman–Crippen LogP) is 1.84. The molecular weight excluding hydrogens is 258 g/mol. The molecule has 1 aromatic carbocycles. The quantitative estimate of drug-likeness (QED) is 0.625. The van der Waals surface area contributed by atoms with E-state index >= 15 is 0 Å². The van der Waals surface area contributed by atoms with E-state index in [2.05, 4.69) is 5.10 Å². The van der Waals surface area contributed by atoms with Crippen LogP contribution in [0.5, 0.6) is 0 Å². The number of nitrogens with zero attached hydrogens (tertiary/aromatic N) is 5. The fourth-order valence-corrected chi connectivity index (χ4v) is 1.97. The zero-order valence-electron chi connectivity index (χ0n) is 11.1. The first kappa shape index (κ1) is 13.5. The molecule has 0 N–H and O–H groups in total. The van der Waals surface area contributed by atoms with Gasteiger partial charge in [-0.3, -0.25) is 14.8 Å². The molecule has 0 unspecified atom stereocenters. The molecule has 0 spiro atoms. The van der Waals surface area contributed by atoms with Crippen LogP contribution in [0.25, 0.3) is 0 Å². The maximum Gasteiger partial charge on any atom is 0.293 e. The smallest absolute Gasteiger partial charge is 0.293 e. The van der Waals surface area contributed by atoms with Crippen LogP contribution < -0.4 is 4.90 Å². The van der Waals surface area contributed by atoms with Crippen molar-refractivity contribution in [1.82, 2.24) is 9.78 Å². The number of nitriles is 1. The Hall–Kier alpha value is -2.88. The fourth-order valence-electron chi connectivity index (χ4n) is 1.97. The summed E-state index contributed by atoms with van der Waals surface area (Å²) in [4.78, 5) is 12.4. The van der Waals surface area contributed by atoms with Crippen molar-refractivity contribution in [2.45, 2.75) is 6.54 Å². The van der Waals surface area contributed by atoms with Gasteiger partial charge in [0.05, 0.1) is 22.8 Å². The first-order valence-corrected chi connectivity index (χ1v) is 5.88. The van der Waals surface area contributed by atoms with Gasteiger partial charge in [0.15, 0.2) is 0 Å². The van der Waals surface area contributed by atoms with E-state index < -0.39 is 4.92 Å². The topological polar surface area (TPSA) is 88.0 Å². The van der Waals surface area contributed by atoms with Gasteiger partial charge in [-0.05, 0) is 12.1 Å². The van der Waals surface area contributed by atoms with E-state index in [-0.39, 0.29) is 11.3 Å². The summed E-state index contributed by atoms with van der Waals surface area (Å²) >= 11 is 0. The molecule has 0 bridgehead atoms. The Labute approximate surface area is 115 Å². The van der Waals surface area contributed by atoms with Crippen LogP contribution in [-0.4, -0.2) is 21.8 Å². The summed E-state index contributed by atoms with van der Waals surface area (Å²) in [6.07, 6.45) is 3.57. The molecule has 0 fully saturated rings. The number of hydrogen-bond acceptors (Lipinski definition) is 5. The molecule has 0 aliphatic heterocycles. The Morgan fingerprint density at radius 2 is 2.30 bits per heavy atom. The predicted molar refractivity (Wildman–Crippen MR) is 73.1 cm³/mol. The van der Waals surface area contributed by atoms with E-state index in [1.807, 2.05) is 19.3 Å². The lowest BCUT2D eigenvalue weighted by molar-refractivity contribution is -0.384. The average Bonchev–Trinajstić information content (AvgIpc) is 2.83. The number of benzene rings is 1. The van der Waals surface area contributed by atoms with Gasteiger partial charge in [0, 0.05) is 38.5 Å². The second-order valence-electron chi connectivity index (χ2n) is 4.45. The lowest BCUT2D eigenvalue weighted by atomic mass is 10.1. The third kappa shape index (κ3) is 2.75. The van der Waals surface area contributed by atoms with Gasteiger partial charge in [0.1, 0.15) is 5.69 Å². The third-order valence-electron chi connectivity index (χ3n) is 2.89. The number of nitro groups is 1. The van der Waals surface area contributed by atoms with Crippen LogP contribution >= 0.6 is 0 Å². The summed E-state index contributed by atoms with van der Waals surface area (Å²) in [6.45, 7) is 0.501. The van der Waals surface area contributed by atoms with Crippen LogP contribution in [0.1, 0.15) is 11.1 Å². The zero-order valence-corrected chi connectivity index (χ0v) is 11.1. The highest BCUT2D eigenvalue weighted by Crippen LogP contribution is 2.29. The lowest BCUT2D eigenvalue weighted by Gasteiger charge is -2.18. The standard InChI is InChI=1S/C13H13N5O2/c1-16(8-11-7-15-17(2)9-11)12-4-3-10(6-14)5-13(12)18(19)20/h3-5,7,9H,8H2,1-2H3. The van der Waals surface area contributed by atoms with Crippen molar-refractivity contribution in [2.75, 3.05) is 11.9 Å². The number of aromatic nitrogens is 2. The number of nitro benzene ring substituents is 1. The average molecular weight is 271 g/mol. The molecule has 0 saturated carbocycles. The first-order chi connectivity index (χ1) is 9.51. The Morgan fingerprint density at radius 1 is 1.55 bits per heavy atom. The van der Waals surface area contributed by atoms with Crippen LogP contribution in [0.2, 0.25) is 0 Å². The molecule has 0 aliphatic carbocycles. The minimum absolute atomic E-state index is 0.0737. The Kier molecular flexibility index (Phi) is 3.66. The van der Waals surface area contributed by atoms with Crippen molar-refractivity contribution in [3.05, 3.63) is 51.8 Å². The highest BCUT2D eigenvalue weighted by atomic mass is 16.6. The molecular formula is C13H13N5O2. The minimum atomic E-state index is -0.476. The molecule has 0 aliphatic rings. The molecule has 2 rings (SSSR count). The summed E-state index contributed by atoms with van der Waals surface area (Å²) in [5.74, 6) is 0. The van der Waals surface area contributed by atoms with Gasteiger partial charge >= 0.3 is 0 Å². The maximum atomic E-state index is 11.1. The Bertz CT molecular complexity index is 686. The maximum absolute atomic E-state index is 11.1. The molecule has 1 heterocycles. The van der Waals surface area contributed by atoms with Gasteiger partial charge in [-0.1, -0.05) is 0 Å². The van der Waals surface area contributed by atoms with Crippen LogP contribution in [0.3, 0.4) is 0 Å². The van der Waals surface area contributed by atoms with E-state index in [1.165, 1.54) is 6.07 Å². The highest BCUT2D eigenvalue weighted by Gasteiger charge is 2.18. The van der Waals surface area contributed by atoms with E-state index in [0.717, 1.165) is 5.56 Å². The van der Waals surface area contributed by atoms with Gasteiger partial charge in [-0.2, -0.15) is 10.4 Å². The van der Waals surface area contributed by atoms with Gasteiger partial charge in [0.25, 0.3) is 5.69 Å². The second kappa shape index (κ2) is 5.40. The number of rotatable bonds is 4. The molecule has 7 nitrogen and oxygen atoms in total. The van der Waals surface area contributed by atoms with Crippen LogP contribution in [0.4, 0.5) is 11.4 Å². The fraction of sp³-hybridized carbons (Fsp3) is 0.231. The SMILES string of the molecule is CN(Cc1cnn(C)c1)c1ccc(C#N)cc1[N+](=O)[O-]. The molecule has 102 valence electrons. The van der Waals surface area contributed by atoms with Crippen LogP contribution in [0, 0.1) is 21.4 Å². The van der Waals surface area contributed by atoms with Gasteiger partial charge in [-0.25, -0.2) is 0 Å². The number of hydrogen-bond donors (Lipinski definition) is 0. The van der Waals surface area contributed by atoms with Crippen molar-refractivity contribution in [3.8, 4) is 6.07 Å². The summed E-state index contributed by atoms with van der Waals surface area (Å²) < 4.78 is 1.68. The second-order valence-corrected chi connectivity index (χ2v) is 4.45. The van der Waals surface area contributed by atoms with Crippen LogP contribution in [0.15, 0.2) is 30.6 Å². The summed E-state index contributed by atoms with van der Waals surface area (Å²) in [5.41, 5.74) is 1.62. The molecule has 7 heteroatoms. The lowest BCUT2D eigenvalue weighted by Crippen LogP contribution is -2.17. The van der Waals surface area contributed by atoms with Crippen molar-refractivity contribution in [2.24, 2.45) is 7.05 Å². The summed E-state index contributed by atoms with van der Waals surface area (Å²) in [6, 6.07) is 6.35. The van der Waals surface area contributed by atoms with Crippen LogP contribution in [-0.2, 0) is 13.6 Å². The summed E-state index contributed by atoms with van der Waals surface area (Å²) in [5, 5.41) is 24.0. The van der Waals surface area contributed by atoms with E-state index in [9.17, 15) is 10.1 Å². The normalized spacial score (nSPS) is 10.1. The van der Waals surface area contributed by atoms with Crippen molar-refractivity contribution < 1.29 is 4.92 Å². The molecule has 0 saturated heterocycles. The molecule has 0 atom stereocenters. The van der Waals surface area contributed by atoms with E-state index in [4.69, 9.17) is 5.26 Å². The first-order valence-electron chi connectivity index (χ1n) is 5.88. The molecule has 2 aromatic rings. The number of aryl methyl sites for hydroxylation is 1. The summed E-state index contributed by atoms with van der Waals surface area (Å²) in [7, 11) is 3.58. The largest absolute Gasteiger partial charge is 0.365 e. The highest BCUT2D eigenvalue weighted by molar-refractivity contribution is 5.65. The molecule has 20 heavy (non-hydrogen) atoms. The molecule has 1 aromatic heterocycles. The molecule has 0 amide bonds. The van der Waals surface area contributed by atoms with Crippen molar-refractivity contribution in [3.63, 3.8) is 0 Å². The van der Waals surface area contributed by atoms with Crippen molar-refractivity contribution in [1.29, 1.82) is 5.26 Å². The Morgan fingerprint density at radius 3 is 2.85 bits per heavy atom. The molecule has 0 radical (unpaired) electrons. The van der Waals surface area contributed by atoms with Gasteiger partial charge in [0.2, 0.25) is 0 Å². The van der Waals surface area contributed by atoms with E-state index in [0.29, 0.717) is 12.2 Å². The van der Waals surface area contributed by atoms with E-state index in [1.54, 1.807) is 35.0 Å². The zero-order chi connectivity index (χ0) is 14.7. The minimum Gasteiger partial charge on any atom is -0.365 e. The third-order valence-corrected chi connectivity index (χ3v) is 2.89. The monoisotopic (exact) mass is 271 g/mol. The Balaban J connectivity index is 2.31. The van der Waals surface area contributed by atoms with Crippen molar-refractivity contribution >= 4 is 11.4 Å². The van der Waals surface area contributed by atoms with Gasteiger partial charge < -0.3 is 4.90 Å². The van der Waals surface area contributed by atoms with Gasteiger partial charge in [-0.15, -0.1) is 0 Å².